The summed E-state index contributed by atoms with van der Waals surface area (Å²) in [7, 11) is 0. The van der Waals surface area contributed by atoms with E-state index in [4.69, 9.17) is 4.74 Å². The van der Waals surface area contributed by atoms with Crippen LogP contribution in [0.4, 0.5) is 15.8 Å². The Morgan fingerprint density at radius 3 is 2.33 bits per heavy atom. The number of hydrogen-bond donors (Lipinski definition) is 0. The van der Waals surface area contributed by atoms with Gasteiger partial charge < -0.3 is 9.64 Å². The molecule has 3 rings (SSSR count). The lowest BCUT2D eigenvalue weighted by Crippen LogP contribution is -2.51. The summed E-state index contributed by atoms with van der Waals surface area (Å²) < 4.78 is 19.7. The van der Waals surface area contributed by atoms with E-state index in [1.54, 1.807) is 0 Å². The maximum absolute atomic E-state index is 14.3. The highest BCUT2D eigenvalue weighted by atomic mass is 19.1. The van der Waals surface area contributed by atoms with Gasteiger partial charge in [-0.15, -0.1) is 0 Å². The molecule has 166 valence electrons. The molecule has 0 radical (unpaired) electrons. The fourth-order valence-electron chi connectivity index (χ4n) is 4.53. The standard InChI is InChI=1S/C22H32FN3O4/c1-22(2,3)30-21(27)14-16-4-6-17(7-5-16)24-10-12-25(13-11-24)20-9-8-18(26(28)29)15-19(20)23/h8-9,15-17H,4-7,10-14H2,1-3H3. The van der Waals surface area contributed by atoms with E-state index in [0.717, 1.165) is 44.8 Å². The summed E-state index contributed by atoms with van der Waals surface area (Å²) in [4.78, 5) is 26.7. The van der Waals surface area contributed by atoms with Gasteiger partial charge in [0.1, 0.15) is 5.60 Å². The molecule has 7 nitrogen and oxygen atoms in total. The Balaban J connectivity index is 1.45. The molecule has 0 unspecified atom stereocenters. The number of piperazine rings is 1. The monoisotopic (exact) mass is 421 g/mol. The molecule has 30 heavy (non-hydrogen) atoms. The van der Waals surface area contributed by atoms with E-state index in [9.17, 15) is 19.3 Å². The topological polar surface area (TPSA) is 75.9 Å². The van der Waals surface area contributed by atoms with Crippen molar-refractivity contribution in [3.63, 3.8) is 0 Å². The quantitative estimate of drug-likeness (QED) is 0.404. The number of esters is 1. The van der Waals surface area contributed by atoms with Gasteiger partial charge >= 0.3 is 5.97 Å². The van der Waals surface area contributed by atoms with Crippen LogP contribution in [0.15, 0.2) is 18.2 Å². The van der Waals surface area contributed by atoms with Gasteiger partial charge in [-0.3, -0.25) is 19.8 Å². The van der Waals surface area contributed by atoms with Gasteiger partial charge in [-0.25, -0.2) is 4.39 Å². The second kappa shape index (κ2) is 9.29. The average Bonchev–Trinajstić information content (AvgIpc) is 2.67. The molecule has 1 saturated carbocycles. The Bertz CT molecular complexity index is 764. The van der Waals surface area contributed by atoms with Gasteiger partial charge in [-0.1, -0.05) is 0 Å². The zero-order chi connectivity index (χ0) is 21.9. The molecule has 1 heterocycles. The zero-order valence-electron chi connectivity index (χ0n) is 18.1. The van der Waals surface area contributed by atoms with Crippen LogP contribution >= 0.6 is 0 Å². The summed E-state index contributed by atoms with van der Waals surface area (Å²) in [6, 6.07) is 4.36. The van der Waals surface area contributed by atoms with Gasteiger partial charge in [0.25, 0.3) is 5.69 Å². The van der Waals surface area contributed by atoms with Crippen LogP contribution in [0.3, 0.4) is 0 Å². The number of nitro benzene ring substituents is 1. The van der Waals surface area contributed by atoms with Crippen LogP contribution in [0, 0.1) is 21.8 Å². The first-order valence-electron chi connectivity index (χ1n) is 10.8. The predicted molar refractivity (Wildman–Crippen MR) is 113 cm³/mol. The van der Waals surface area contributed by atoms with Crippen molar-refractivity contribution in [2.24, 2.45) is 5.92 Å². The minimum absolute atomic E-state index is 0.107. The SMILES string of the molecule is CC(C)(C)OC(=O)CC1CCC(N2CCN(c3ccc([N+](=O)[O-])cc3F)CC2)CC1. The fraction of sp³-hybridized carbons (Fsp3) is 0.682. The van der Waals surface area contributed by atoms with Gasteiger partial charge in [0.15, 0.2) is 5.82 Å². The summed E-state index contributed by atoms with van der Waals surface area (Å²) in [6.45, 7) is 8.77. The summed E-state index contributed by atoms with van der Waals surface area (Å²) in [6.07, 6.45) is 4.69. The second-order valence-corrected chi connectivity index (χ2v) is 9.38. The van der Waals surface area contributed by atoms with E-state index in [1.807, 2.05) is 25.7 Å². The number of carbonyl (C=O) groups is 1. The van der Waals surface area contributed by atoms with Crippen molar-refractivity contribution in [3.8, 4) is 0 Å². The molecule has 1 aliphatic carbocycles. The van der Waals surface area contributed by atoms with E-state index in [2.05, 4.69) is 4.90 Å². The molecule has 1 saturated heterocycles. The van der Waals surface area contributed by atoms with E-state index in [0.29, 0.717) is 37.2 Å². The Labute approximate surface area is 177 Å². The van der Waals surface area contributed by atoms with Crippen molar-refractivity contribution in [2.75, 3.05) is 31.1 Å². The number of nitrogens with zero attached hydrogens (tertiary/aromatic N) is 3. The van der Waals surface area contributed by atoms with Crippen molar-refractivity contribution in [2.45, 2.75) is 64.5 Å². The zero-order valence-corrected chi connectivity index (χ0v) is 18.1. The molecule has 1 aromatic rings. The number of rotatable bonds is 5. The average molecular weight is 422 g/mol. The molecule has 0 N–H and O–H groups in total. The summed E-state index contributed by atoms with van der Waals surface area (Å²) >= 11 is 0. The Kier molecular flexibility index (Phi) is 6.95. The highest BCUT2D eigenvalue weighted by Crippen LogP contribution is 2.32. The highest BCUT2D eigenvalue weighted by Gasteiger charge is 2.30. The molecular formula is C22H32FN3O4. The Hall–Kier alpha value is -2.22. The number of carbonyl (C=O) groups excluding carboxylic acids is 1. The minimum atomic E-state index is -0.579. The normalized spacial score (nSPS) is 23.3. The number of halogens is 1. The van der Waals surface area contributed by atoms with Crippen LogP contribution in [-0.2, 0) is 9.53 Å². The molecule has 1 aromatic carbocycles. The fourth-order valence-corrected chi connectivity index (χ4v) is 4.53. The third-order valence-electron chi connectivity index (χ3n) is 6.01. The van der Waals surface area contributed by atoms with Crippen molar-refractivity contribution < 1.29 is 18.8 Å². The van der Waals surface area contributed by atoms with Crippen molar-refractivity contribution >= 4 is 17.3 Å². The first-order chi connectivity index (χ1) is 14.1. The first-order valence-corrected chi connectivity index (χ1v) is 10.8. The van der Waals surface area contributed by atoms with Crippen LogP contribution in [0.5, 0.6) is 0 Å². The van der Waals surface area contributed by atoms with E-state index < -0.39 is 16.3 Å². The van der Waals surface area contributed by atoms with E-state index in [1.165, 1.54) is 12.1 Å². The molecule has 1 aliphatic heterocycles. The van der Waals surface area contributed by atoms with Crippen LogP contribution in [0.25, 0.3) is 0 Å². The number of benzene rings is 1. The van der Waals surface area contributed by atoms with Gasteiger partial charge in [0.05, 0.1) is 16.7 Å². The first kappa shape index (κ1) is 22.5. The molecule has 0 spiro atoms. The molecule has 0 bridgehead atoms. The third-order valence-corrected chi connectivity index (χ3v) is 6.01. The Morgan fingerprint density at radius 2 is 1.80 bits per heavy atom. The van der Waals surface area contributed by atoms with Gasteiger partial charge in [-0.2, -0.15) is 0 Å². The lowest BCUT2D eigenvalue weighted by molar-refractivity contribution is -0.385. The number of nitro groups is 1. The Morgan fingerprint density at radius 1 is 1.17 bits per heavy atom. The van der Waals surface area contributed by atoms with Crippen LogP contribution in [0.1, 0.15) is 52.9 Å². The maximum atomic E-state index is 14.3. The lowest BCUT2D eigenvalue weighted by atomic mass is 9.83. The molecule has 8 heteroatoms. The molecule has 0 atom stereocenters. The molecule has 2 aliphatic rings. The van der Waals surface area contributed by atoms with Crippen LogP contribution in [0.2, 0.25) is 0 Å². The van der Waals surface area contributed by atoms with Crippen molar-refractivity contribution in [3.05, 3.63) is 34.1 Å². The van der Waals surface area contributed by atoms with E-state index in [-0.39, 0.29) is 11.7 Å². The lowest BCUT2D eigenvalue weighted by Gasteiger charge is -2.42. The molecule has 0 aromatic heterocycles. The largest absolute Gasteiger partial charge is 0.460 e. The summed E-state index contributed by atoms with van der Waals surface area (Å²) in [5.41, 5.74) is -0.226. The molecule has 2 fully saturated rings. The number of hydrogen-bond acceptors (Lipinski definition) is 6. The van der Waals surface area contributed by atoms with Gasteiger partial charge in [0.2, 0.25) is 0 Å². The summed E-state index contributed by atoms with van der Waals surface area (Å²) in [5, 5.41) is 10.8. The van der Waals surface area contributed by atoms with Gasteiger partial charge in [-0.05, 0) is 58.4 Å². The highest BCUT2D eigenvalue weighted by molar-refractivity contribution is 5.70. The third kappa shape index (κ3) is 5.90. The van der Waals surface area contributed by atoms with Crippen LogP contribution in [-0.4, -0.2) is 53.6 Å². The smallest absolute Gasteiger partial charge is 0.306 e. The van der Waals surface area contributed by atoms with E-state index >= 15 is 0 Å². The number of ether oxygens (including phenoxy) is 1. The molecule has 0 amide bonds. The van der Waals surface area contributed by atoms with Gasteiger partial charge in [0, 0.05) is 44.7 Å². The molecular weight excluding hydrogens is 389 g/mol. The van der Waals surface area contributed by atoms with Crippen molar-refractivity contribution in [1.82, 2.24) is 4.90 Å². The predicted octanol–water partition coefficient (Wildman–Crippen LogP) is 4.15. The van der Waals surface area contributed by atoms with Crippen LogP contribution < -0.4 is 4.90 Å². The summed E-state index contributed by atoms with van der Waals surface area (Å²) in [5.74, 6) is -0.253. The number of anilines is 1. The second-order valence-electron chi connectivity index (χ2n) is 9.38. The minimum Gasteiger partial charge on any atom is -0.460 e. The number of non-ortho nitro benzene ring substituents is 1. The van der Waals surface area contributed by atoms with Crippen molar-refractivity contribution in [1.29, 1.82) is 0 Å². The maximum Gasteiger partial charge on any atom is 0.306 e.